The molecule has 0 spiro atoms. The highest BCUT2D eigenvalue weighted by Gasteiger charge is 2.28. The van der Waals surface area contributed by atoms with Crippen molar-refractivity contribution < 1.29 is 0 Å². The van der Waals surface area contributed by atoms with Gasteiger partial charge in [0.05, 0.1) is 11.9 Å². The molecule has 0 saturated carbocycles. The third kappa shape index (κ3) is 2.46. The first-order valence-corrected chi connectivity index (χ1v) is 6.24. The molecule has 2 rings (SSSR count). The average Bonchev–Trinajstić information content (AvgIpc) is 2.30. The van der Waals surface area contributed by atoms with Gasteiger partial charge < -0.3 is 4.90 Å². The first kappa shape index (κ1) is 11.6. The zero-order chi connectivity index (χ0) is 11.6. The van der Waals surface area contributed by atoms with Gasteiger partial charge in [-0.05, 0) is 18.3 Å². The monoisotopic (exact) mass is 239 g/mol. The van der Waals surface area contributed by atoms with E-state index in [-0.39, 0.29) is 0 Å². The highest BCUT2D eigenvalue weighted by atomic mass is 35.5. The maximum Gasteiger partial charge on any atom is 0.153 e. The molecule has 16 heavy (non-hydrogen) atoms. The molecule has 1 saturated heterocycles. The Labute approximate surface area is 102 Å². The first-order chi connectivity index (χ1) is 7.63. The Balaban J connectivity index is 2.04. The molecule has 0 aromatic carbocycles. The summed E-state index contributed by atoms with van der Waals surface area (Å²) in [5.41, 5.74) is 1.61. The van der Waals surface area contributed by atoms with Crippen molar-refractivity contribution in [2.45, 2.75) is 33.1 Å². The molecule has 1 aliphatic rings. The fourth-order valence-electron chi connectivity index (χ4n) is 2.16. The second kappa shape index (κ2) is 4.58. The van der Waals surface area contributed by atoms with Gasteiger partial charge in [0.1, 0.15) is 0 Å². The number of halogens is 1. The van der Waals surface area contributed by atoms with Gasteiger partial charge in [0.25, 0.3) is 0 Å². The second-order valence-corrected chi connectivity index (χ2v) is 5.28. The van der Waals surface area contributed by atoms with E-state index in [0.717, 1.165) is 18.8 Å². The molecule has 1 aromatic heterocycles. The predicted molar refractivity (Wildman–Crippen MR) is 66.9 cm³/mol. The Bertz CT molecular complexity index is 359. The minimum Gasteiger partial charge on any atom is -0.370 e. The van der Waals surface area contributed by atoms with Crippen molar-refractivity contribution in [1.82, 2.24) is 10.2 Å². The van der Waals surface area contributed by atoms with Crippen LogP contribution in [0.2, 0.25) is 5.15 Å². The molecule has 0 bridgehead atoms. The lowest BCUT2D eigenvalue weighted by atomic mass is 9.78. The smallest absolute Gasteiger partial charge is 0.153 e. The Kier molecular flexibility index (Phi) is 3.33. The van der Waals surface area contributed by atoms with Gasteiger partial charge in [-0.3, -0.25) is 0 Å². The predicted octanol–water partition coefficient (Wildman–Crippen LogP) is 3.15. The summed E-state index contributed by atoms with van der Waals surface area (Å²) in [5.74, 6) is 0. The average molecular weight is 240 g/mol. The maximum absolute atomic E-state index is 5.85. The molecular weight excluding hydrogens is 222 g/mol. The van der Waals surface area contributed by atoms with Gasteiger partial charge in [-0.1, -0.05) is 31.9 Å². The Morgan fingerprint density at radius 3 is 2.69 bits per heavy atom. The van der Waals surface area contributed by atoms with Crippen molar-refractivity contribution in [3.8, 4) is 0 Å². The lowest BCUT2D eigenvalue weighted by Crippen LogP contribution is -2.38. The number of aromatic nitrogens is 2. The topological polar surface area (TPSA) is 29.0 Å². The Hall–Kier alpha value is -0.830. The second-order valence-electron chi connectivity index (χ2n) is 4.89. The summed E-state index contributed by atoms with van der Waals surface area (Å²) in [6.07, 6.45) is 5.53. The molecule has 4 heteroatoms. The maximum atomic E-state index is 5.85. The van der Waals surface area contributed by atoms with Crippen LogP contribution in [-0.4, -0.2) is 23.3 Å². The molecule has 88 valence electrons. The van der Waals surface area contributed by atoms with Crippen molar-refractivity contribution in [3.05, 3.63) is 17.4 Å². The van der Waals surface area contributed by atoms with Crippen LogP contribution in [0, 0.1) is 5.41 Å². The highest BCUT2D eigenvalue weighted by Crippen LogP contribution is 2.35. The first-order valence-electron chi connectivity index (χ1n) is 5.86. The normalized spacial score (nSPS) is 19.8. The third-order valence-electron chi connectivity index (χ3n) is 3.80. The van der Waals surface area contributed by atoms with Crippen molar-refractivity contribution in [3.63, 3.8) is 0 Å². The summed E-state index contributed by atoms with van der Waals surface area (Å²) in [7, 11) is 0. The van der Waals surface area contributed by atoms with E-state index in [2.05, 4.69) is 28.9 Å². The molecule has 0 atom stereocenters. The van der Waals surface area contributed by atoms with E-state index in [1.165, 1.54) is 19.3 Å². The van der Waals surface area contributed by atoms with Gasteiger partial charge in [-0.25, -0.2) is 0 Å². The molecule has 0 unspecified atom stereocenters. The molecule has 2 heterocycles. The van der Waals surface area contributed by atoms with Crippen LogP contribution in [0.15, 0.2) is 12.3 Å². The summed E-state index contributed by atoms with van der Waals surface area (Å²) >= 11 is 5.85. The van der Waals surface area contributed by atoms with Gasteiger partial charge in [0, 0.05) is 19.2 Å². The van der Waals surface area contributed by atoms with Crippen LogP contribution in [-0.2, 0) is 0 Å². The van der Waals surface area contributed by atoms with E-state index in [1.807, 2.05) is 6.07 Å². The largest absolute Gasteiger partial charge is 0.370 e. The molecular formula is C12H18ClN3. The van der Waals surface area contributed by atoms with E-state index in [1.54, 1.807) is 6.20 Å². The molecule has 0 amide bonds. The van der Waals surface area contributed by atoms with Crippen LogP contribution < -0.4 is 4.90 Å². The van der Waals surface area contributed by atoms with Gasteiger partial charge in [0.2, 0.25) is 0 Å². The van der Waals surface area contributed by atoms with Crippen LogP contribution in [0.4, 0.5) is 5.69 Å². The summed E-state index contributed by atoms with van der Waals surface area (Å²) < 4.78 is 0. The molecule has 3 nitrogen and oxygen atoms in total. The van der Waals surface area contributed by atoms with Crippen molar-refractivity contribution >= 4 is 17.3 Å². The molecule has 1 fully saturated rings. The fourth-order valence-corrected chi connectivity index (χ4v) is 2.32. The van der Waals surface area contributed by atoms with Crippen molar-refractivity contribution in [2.75, 3.05) is 18.0 Å². The van der Waals surface area contributed by atoms with Crippen LogP contribution >= 0.6 is 11.6 Å². The lowest BCUT2D eigenvalue weighted by molar-refractivity contribution is 0.238. The SMILES string of the molecule is CCC1(C)CCN(c2cnnc(Cl)c2)CC1. The minimum absolute atomic E-state index is 0.473. The Morgan fingerprint density at radius 2 is 2.12 bits per heavy atom. The quantitative estimate of drug-likeness (QED) is 0.794. The minimum atomic E-state index is 0.473. The lowest BCUT2D eigenvalue weighted by Gasteiger charge is -2.39. The van der Waals surface area contributed by atoms with Crippen LogP contribution in [0.5, 0.6) is 0 Å². The summed E-state index contributed by atoms with van der Waals surface area (Å²) in [6.45, 7) is 6.83. The van der Waals surface area contributed by atoms with E-state index in [0.29, 0.717) is 10.6 Å². The molecule has 1 aromatic rings. The van der Waals surface area contributed by atoms with Crippen LogP contribution in [0.1, 0.15) is 33.1 Å². The number of hydrogen-bond acceptors (Lipinski definition) is 3. The fraction of sp³-hybridized carbons (Fsp3) is 0.667. The number of anilines is 1. The van der Waals surface area contributed by atoms with Crippen molar-refractivity contribution in [2.24, 2.45) is 5.41 Å². The number of piperidine rings is 1. The van der Waals surface area contributed by atoms with Crippen LogP contribution in [0.25, 0.3) is 0 Å². The van der Waals surface area contributed by atoms with Crippen LogP contribution in [0.3, 0.4) is 0 Å². The molecule has 1 aliphatic heterocycles. The van der Waals surface area contributed by atoms with E-state index in [9.17, 15) is 0 Å². The number of hydrogen-bond donors (Lipinski definition) is 0. The molecule has 0 aliphatic carbocycles. The number of rotatable bonds is 2. The summed E-state index contributed by atoms with van der Waals surface area (Å²) in [6, 6.07) is 1.89. The van der Waals surface area contributed by atoms with Gasteiger partial charge in [-0.2, -0.15) is 5.10 Å². The zero-order valence-electron chi connectivity index (χ0n) is 9.91. The van der Waals surface area contributed by atoms with Gasteiger partial charge in [0.15, 0.2) is 5.15 Å². The van der Waals surface area contributed by atoms with E-state index in [4.69, 9.17) is 11.6 Å². The molecule has 0 N–H and O–H groups in total. The van der Waals surface area contributed by atoms with Gasteiger partial charge in [-0.15, -0.1) is 5.10 Å². The molecule has 0 radical (unpaired) electrons. The van der Waals surface area contributed by atoms with E-state index >= 15 is 0 Å². The number of nitrogens with zero attached hydrogens (tertiary/aromatic N) is 3. The van der Waals surface area contributed by atoms with Crippen molar-refractivity contribution in [1.29, 1.82) is 0 Å². The zero-order valence-corrected chi connectivity index (χ0v) is 10.7. The third-order valence-corrected chi connectivity index (χ3v) is 3.98. The van der Waals surface area contributed by atoms with Gasteiger partial charge >= 0.3 is 0 Å². The van der Waals surface area contributed by atoms with E-state index < -0.39 is 0 Å². The summed E-state index contributed by atoms with van der Waals surface area (Å²) in [4.78, 5) is 2.35. The Morgan fingerprint density at radius 1 is 1.44 bits per heavy atom. The standard InChI is InChI=1S/C12H18ClN3/c1-3-12(2)4-6-16(7-5-12)10-8-11(13)15-14-9-10/h8-9H,3-7H2,1-2H3. The highest BCUT2D eigenvalue weighted by molar-refractivity contribution is 6.29. The summed E-state index contributed by atoms with van der Waals surface area (Å²) in [5, 5.41) is 8.13.